The maximum absolute atomic E-state index is 12.7. The zero-order chi connectivity index (χ0) is 19.6. The molecule has 0 saturated carbocycles. The number of ketones is 1. The lowest BCUT2D eigenvalue weighted by atomic mass is 9.95. The van der Waals surface area contributed by atoms with Gasteiger partial charge in [0.25, 0.3) is 11.7 Å². The van der Waals surface area contributed by atoms with Gasteiger partial charge in [0.1, 0.15) is 5.76 Å². The molecule has 1 saturated heterocycles. The summed E-state index contributed by atoms with van der Waals surface area (Å²) in [6, 6.07) is 15.8. The van der Waals surface area contributed by atoms with Crippen molar-refractivity contribution in [2.24, 2.45) is 0 Å². The summed E-state index contributed by atoms with van der Waals surface area (Å²) in [6.07, 6.45) is 0. The minimum atomic E-state index is -0.661. The topological polar surface area (TPSA) is 88.5 Å². The summed E-state index contributed by atoms with van der Waals surface area (Å²) >= 11 is 0. The average Bonchev–Trinajstić information content (AvgIpc) is 2.93. The predicted molar refractivity (Wildman–Crippen MR) is 104 cm³/mol. The number of anilines is 1. The van der Waals surface area contributed by atoms with E-state index in [1.807, 2.05) is 49.3 Å². The number of Topliss-reactive ketones (excluding diaryl/α,β-unsaturated/α-hetero) is 1. The Labute approximate surface area is 158 Å². The van der Waals surface area contributed by atoms with Gasteiger partial charge >= 0.3 is 0 Å². The third kappa shape index (κ3) is 3.44. The molecule has 0 aliphatic carbocycles. The number of quaternary nitrogens is 1. The fourth-order valence-corrected chi connectivity index (χ4v) is 3.33. The molecule has 140 valence electrons. The monoisotopic (exact) mass is 366 g/mol. The second kappa shape index (κ2) is 7.63. The smallest absolute Gasteiger partial charge is 0.295 e. The number of carbonyl (C=O) groups is 2. The summed E-state index contributed by atoms with van der Waals surface area (Å²) in [4.78, 5) is 28.8. The Morgan fingerprint density at radius 1 is 1.07 bits per heavy atom. The maximum Gasteiger partial charge on any atom is 0.295 e. The van der Waals surface area contributed by atoms with Crippen LogP contribution in [0.1, 0.15) is 17.2 Å². The van der Waals surface area contributed by atoms with Gasteiger partial charge in [0.2, 0.25) is 0 Å². The van der Waals surface area contributed by atoms with Gasteiger partial charge in [-0.3, -0.25) is 9.59 Å². The van der Waals surface area contributed by atoms with Crippen LogP contribution in [0.15, 0.2) is 60.2 Å². The minimum absolute atomic E-state index is 0.122. The lowest BCUT2D eigenvalue weighted by Crippen LogP contribution is -2.55. The number of amides is 1. The van der Waals surface area contributed by atoms with Gasteiger partial charge in [0, 0.05) is 25.3 Å². The first-order chi connectivity index (χ1) is 13.0. The lowest BCUT2D eigenvalue weighted by Gasteiger charge is -2.24. The van der Waals surface area contributed by atoms with Gasteiger partial charge < -0.3 is 20.6 Å². The molecule has 2 aromatic rings. The summed E-state index contributed by atoms with van der Waals surface area (Å²) in [6.45, 7) is 0.820. The van der Waals surface area contributed by atoms with Gasteiger partial charge in [-0.2, -0.15) is 0 Å². The molecule has 6 nitrogen and oxygen atoms in total. The van der Waals surface area contributed by atoms with E-state index in [9.17, 15) is 14.7 Å². The van der Waals surface area contributed by atoms with Crippen LogP contribution in [0.2, 0.25) is 0 Å². The molecule has 2 aromatic carbocycles. The predicted octanol–water partition coefficient (Wildman–Crippen LogP) is 1.42. The highest BCUT2D eigenvalue weighted by molar-refractivity contribution is 6.46. The Morgan fingerprint density at radius 2 is 1.70 bits per heavy atom. The van der Waals surface area contributed by atoms with Crippen molar-refractivity contribution < 1.29 is 20.4 Å². The van der Waals surface area contributed by atoms with E-state index >= 15 is 0 Å². The summed E-state index contributed by atoms with van der Waals surface area (Å²) < 4.78 is 0. The van der Waals surface area contributed by atoms with Crippen molar-refractivity contribution in [3.05, 3.63) is 71.3 Å². The number of nitrogens with zero attached hydrogens (tertiary/aromatic N) is 2. The van der Waals surface area contributed by atoms with Crippen LogP contribution in [0.5, 0.6) is 0 Å². The summed E-state index contributed by atoms with van der Waals surface area (Å²) in [5.74, 6) is -1.41. The summed E-state index contributed by atoms with van der Waals surface area (Å²) in [7, 11) is 3.89. The van der Waals surface area contributed by atoms with Crippen LogP contribution in [-0.4, -0.2) is 48.9 Å². The first-order valence-corrected chi connectivity index (χ1v) is 8.86. The third-order valence-corrected chi connectivity index (χ3v) is 4.71. The summed E-state index contributed by atoms with van der Waals surface area (Å²) in [5, 5.41) is 10.8. The highest BCUT2D eigenvalue weighted by atomic mass is 16.3. The Hall–Kier alpha value is -3.12. The maximum atomic E-state index is 12.7. The van der Waals surface area contributed by atoms with Gasteiger partial charge in [-0.1, -0.05) is 42.5 Å². The molecule has 1 fully saturated rings. The number of carbonyl (C=O) groups excluding carboxylic acids is 2. The van der Waals surface area contributed by atoms with Crippen molar-refractivity contribution in [3.63, 3.8) is 0 Å². The van der Waals surface area contributed by atoms with Crippen molar-refractivity contribution in [2.75, 3.05) is 32.1 Å². The van der Waals surface area contributed by atoms with Gasteiger partial charge in [-0.15, -0.1) is 0 Å². The van der Waals surface area contributed by atoms with E-state index in [0.29, 0.717) is 18.7 Å². The highest BCUT2D eigenvalue weighted by Crippen LogP contribution is 2.39. The molecule has 0 unspecified atom stereocenters. The van der Waals surface area contributed by atoms with Crippen molar-refractivity contribution in [3.8, 4) is 0 Å². The van der Waals surface area contributed by atoms with Crippen LogP contribution in [0.4, 0.5) is 5.69 Å². The fraction of sp³-hybridized carbons (Fsp3) is 0.238. The molecule has 3 rings (SSSR count). The molecule has 1 aliphatic heterocycles. The van der Waals surface area contributed by atoms with E-state index in [1.54, 1.807) is 24.3 Å². The van der Waals surface area contributed by atoms with Crippen LogP contribution >= 0.6 is 0 Å². The number of aliphatic hydroxyl groups excluding tert-OH is 1. The number of hydrogen-bond donors (Lipinski definition) is 2. The van der Waals surface area contributed by atoms with Crippen LogP contribution in [0.3, 0.4) is 0 Å². The Bertz CT molecular complexity index is 873. The summed E-state index contributed by atoms with van der Waals surface area (Å²) in [5.41, 5.74) is 6.24. The molecular weight excluding hydrogens is 342 g/mol. The molecule has 1 heterocycles. The van der Waals surface area contributed by atoms with Crippen molar-refractivity contribution in [2.45, 2.75) is 6.04 Å². The number of hydrogen-bond acceptors (Lipinski definition) is 4. The van der Waals surface area contributed by atoms with E-state index in [1.165, 1.54) is 4.90 Å². The normalized spacial score (nSPS) is 18.8. The third-order valence-electron chi connectivity index (χ3n) is 4.71. The second-order valence-corrected chi connectivity index (χ2v) is 6.70. The number of aliphatic hydroxyl groups is 1. The van der Waals surface area contributed by atoms with E-state index in [-0.39, 0.29) is 11.3 Å². The number of likely N-dealkylation sites (tertiary alicyclic amines) is 1. The molecule has 6 heteroatoms. The van der Waals surface area contributed by atoms with E-state index in [2.05, 4.69) is 5.73 Å². The number of benzene rings is 2. The van der Waals surface area contributed by atoms with E-state index in [4.69, 9.17) is 0 Å². The van der Waals surface area contributed by atoms with E-state index < -0.39 is 17.7 Å². The average molecular weight is 366 g/mol. The second-order valence-electron chi connectivity index (χ2n) is 6.70. The van der Waals surface area contributed by atoms with Gasteiger partial charge in [-0.25, -0.2) is 0 Å². The Kier molecular flexibility index (Phi) is 5.28. The zero-order valence-corrected chi connectivity index (χ0v) is 15.6. The highest BCUT2D eigenvalue weighted by Gasteiger charge is 2.45. The molecule has 0 radical (unpaired) electrons. The first-order valence-electron chi connectivity index (χ1n) is 8.86. The SMILES string of the molecule is CN(C)c1ccc([C@@H]2C(=C(O)c3ccccc3)C(=O)C(=O)N2CC[NH3+])cc1. The molecular formula is C21H24N3O3+. The molecule has 1 aliphatic rings. The first kappa shape index (κ1) is 18.7. The quantitative estimate of drug-likeness (QED) is 0.476. The number of rotatable bonds is 5. The lowest BCUT2D eigenvalue weighted by molar-refractivity contribution is -0.368. The molecule has 0 aromatic heterocycles. The van der Waals surface area contributed by atoms with E-state index in [0.717, 1.165) is 11.3 Å². The Morgan fingerprint density at radius 3 is 2.26 bits per heavy atom. The van der Waals surface area contributed by atoms with Crippen LogP contribution in [0, 0.1) is 0 Å². The zero-order valence-electron chi connectivity index (χ0n) is 15.6. The van der Waals surface area contributed by atoms with Gasteiger partial charge in [-0.05, 0) is 17.7 Å². The molecule has 1 amide bonds. The van der Waals surface area contributed by atoms with Crippen LogP contribution in [-0.2, 0) is 9.59 Å². The molecule has 27 heavy (non-hydrogen) atoms. The van der Waals surface area contributed by atoms with Gasteiger partial charge in [0.15, 0.2) is 0 Å². The molecule has 1 atom stereocenters. The standard InChI is InChI=1S/C21H23N3O3/c1-23(2)16-10-8-14(9-11-16)18-17(19(25)15-6-4-3-5-7-15)20(26)21(27)24(18)13-12-22/h3-11,18,25H,12-13,22H2,1-2H3/p+1/t18-/m1/s1. The minimum Gasteiger partial charge on any atom is -0.507 e. The van der Waals surface area contributed by atoms with Crippen LogP contribution < -0.4 is 10.6 Å². The fourth-order valence-electron chi connectivity index (χ4n) is 3.33. The largest absolute Gasteiger partial charge is 0.507 e. The van der Waals surface area contributed by atoms with Crippen molar-refractivity contribution >= 4 is 23.1 Å². The van der Waals surface area contributed by atoms with Gasteiger partial charge in [0.05, 0.1) is 24.7 Å². The van der Waals surface area contributed by atoms with Crippen LogP contribution in [0.25, 0.3) is 5.76 Å². The van der Waals surface area contributed by atoms with Crippen molar-refractivity contribution in [1.29, 1.82) is 0 Å². The molecule has 0 spiro atoms. The molecule has 4 N–H and O–H groups in total. The molecule has 0 bridgehead atoms. The Balaban J connectivity index is 2.14. The van der Waals surface area contributed by atoms with Crippen molar-refractivity contribution in [1.82, 2.24) is 4.90 Å².